The van der Waals surface area contributed by atoms with Gasteiger partial charge in [-0.3, -0.25) is 0 Å². The maximum absolute atomic E-state index is 11.4. The number of fused-ring (bicyclic) bond motifs is 1. The van der Waals surface area contributed by atoms with E-state index >= 15 is 0 Å². The molecule has 0 saturated heterocycles. The summed E-state index contributed by atoms with van der Waals surface area (Å²) in [5.41, 5.74) is 0. The van der Waals surface area contributed by atoms with Gasteiger partial charge in [0.05, 0.1) is 0 Å². The van der Waals surface area contributed by atoms with Crippen molar-refractivity contribution in [2.24, 2.45) is 0 Å². The van der Waals surface area contributed by atoms with Crippen molar-refractivity contribution in [2.75, 3.05) is 0 Å². The fourth-order valence-electron chi connectivity index (χ4n) is 1.14. The highest BCUT2D eigenvalue weighted by atomic mass is 32.2. The van der Waals surface area contributed by atoms with Crippen LogP contribution in [0.15, 0.2) is 30.3 Å². The van der Waals surface area contributed by atoms with Gasteiger partial charge in [0.1, 0.15) is 0 Å². The van der Waals surface area contributed by atoms with Crippen LogP contribution in [0.1, 0.15) is 4.88 Å². The fourth-order valence-corrected chi connectivity index (χ4v) is 2.20. The summed E-state index contributed by atoms with van der Waals surface area (Å²) >= 11 is 0. The second-order valence-electron chi connectivity index (χ2n) is 2.42. The van der Waals surface area contributed by atoms with Crippen molar-refractivity contribution in [1.82, 2.24) is 0 Å². The lowest BCUT2D eigenvalue weighted by atomic mass is 10.2. The Kier molecular flexibility index (Phi) is 1.44. The lowest BCUT2D eigenvalue weighted by molar-refractivity contribution is 0.599. The summed E-state index contributed by atoms with van der Waals surface area (Å²) in [4.78, 5) is 0.700. The minimum atomic E-state index is -0.993. The first-order valence-electron chi connectivity index (χ1n) is 3.33. The van der Waals surface area contributed by atoms with Gasteiger partial charge in [-0.25, -0.2) is 0 Å². The minimum Gasteiger partial charge on any atom is -0.590 e. The zero-order valence-corrected chi connectivity index (χ0v) is 6.73. The van der Waals surface area contributed by atoms with Crippen LogP contribution in [-0.2, 0) is 0 Å². The van der Waals surface area contributed by atoms with E-state index in [1.165, 1.54) is 0 Å². The minimum absolute atomic E-state index is 0.700. The van der Waals surface area contributed by atoms with Crippen LogP contribution in [0.3, 0.4) is 0 Å². The molecule has 2 rings (SSSR count). The van der Waals surface area contributed by atoms with Crippen LogP contribution in [0.25, 0.3) is 10.1 Å². The third-order valence-corrected chi connectivity index (χ3v) is 3.04. The van der Waals surface area contributed by atoms with Crippen molar-refractivity contribution in [2.45, 2.75) is 0 Å². The van der Waals surface area contributed by atoms with Crippen molar-refractivity contribution in [3.05, 3.63) is 42.1 Å². The Hall–Kier alpha value is -0.860. The van der Waals surface area contributed by atoms with Crippen molar-refractivity contribution in [3.8, 4) is 0 Å². The van der Waals surface area contributed by atoms with Crippen molar-refractivity contribution in [3.63, 3.8) is 0 Å². The van der Waals surface area contributed by atoms with Gasteiger partial charge in [-0.2, -0.15) is 0 Å². The standard InChI is InChI=1S/C9H7OS/c1-7-6-8-4-2-3-5-9(8)11(7)10/h2-6H,1H2. The molecule has 55 valence electrons. The third-order valence-electron chi connectivity index (χ3n) is 1.67. The van der Waals surface area contributed by atoms with Crippen molar-refractivity contribution in [1.29, 1.82) is 0 Å². The van der Waals surface area contributed by atoms with Gasteiger partial charge in [-0.05, 0) is 22.9 Å². The maximum Gasteiger partial charge on any atom is 0.179 e. The number of benzene rings is 1. The Balaban J connectivity index is 2.92. The van der Waals surface area contributed by atoms with E-state index in [1.807, 2.05) is 30.3 Å². The molecule has 0 bridgehead atoms. The molecule has 0 aliphatic carbocycles. The molecule has 1 aromatic heterocycles. The van der Waals surface area contributed by atoms with Gasteiger partial charge in [0.25, 0.3) is 0 Å². The van der Waals surface area contributed by atoms with E-state index in [0.717, 1.165) is 10.1 Å². The van der Waals surface area contributed by atoms with E-state index in [0.29, 0.717) is 4.88 Å². The number of rotatable bonds is 0. The molecule has 0 saturated carbocycles. The van der Waals surface area contributed by atoms with Crippen LogP contribution in [0.5, 0.6) is 0 Å². The SMILES string of the molecule is [CH2]c1cc2ccccc2[s+]1[O-]. The van der Waals surface area contributed by atoms with E-state index in [4.69, 9.17) is 0 Å². The van der Waals surface area contributed by atoms with Gasteiger partial charge in [-0.1, -0.05) is 12.1 Å². The Morgan fingerprint density at radius 2 is 2.00 bits per heavy atom. The Morgan fingerprint density at radius 1 is 1.27 bits per heavy atom. The normalized spacial score (nSPS) is 12.4. The summed E-state index contributed by atoms with van der Waals surface area (Å²) in [6.07, 6.45) is 0. The number of thiophene rings is 1. The summed E-state index contributed by atoms with van der Waals surface area (Å²) in [5.74, 6) is 0. The van der Waals surface area contributed by atoms with Crippen LogP contribution in [0.2, 0.25) is 0 Å². The van der Waals surface area contributed by atoms with Crippen molar-refractivity contribution < 1.29 is 4.55 Å². The molecular weight excluding hydrogens is 156 g/mol. The highest BCUT2D eigenvalue weighted by Crippen LogP contribution is 2.32. The summed E-state index contributed by atoms with van der Waals surface area (Å²) < 4.78 is 12.3. The first-order chi connectivity index (χ1) is 5.29. The Morgan fingerprint density at radius 3 is 2.73 bits per heavy atom. The summed E-state index contributed by atoms with van der Waals surface area (Å²) in [7, 11) is -0.993. The Labute approximate surface area is 68.1 Å². The molecule has 2 heteroatoms. The van der Waals surface area contributed by atoms with Crippen LogP contribution >= 0.6 is 10.8 Å². The van der Waals surface area contributed by atoms with Gasteiger partial charge in [0.2, 0.25) is 0 Å². The van der Waals surface area contributed by atoms with E-state index < -0.39 is 10.8 Å². The molecule has 1 atom stereocenters. The molecule has 1 nitrogen and oxygen atoms in total. The predicted octanol–water partition coefficient (Wildman–Crippen LogP) is 2.75. The second kappa shape index (κ2) is 2.32. The van der Waals surface area contributed by atoms with Crippen LogP contribution in [0, 0.1) is 6.92 Å². The zero-order valence-electron chi connectivity index (χ0n) is 5.91. The average molecular weight is 163 g/mol. The molecule has 0 N–H and O–H groups in total. The molecule has 0 aliphatic heterocycles. The van der Waals surface area contributed by atoms with E-state index in [1.54, 1.807) is 0 Å². The highest BCUT2D eigenvalue weighted by Gasteiger charge is 2.07. The molecule has 2 aromatic rings. The molecule has 1 heterocycles. The molecule has 0 amide bonds. The number of hydrogen-bond acceptors (Lipinski definition) is 1. The summed E-state index contributed by atoms with van der Waals surface area (Å²) in [6.45, 7) is 3.69. The van der Waals surface area contributed by atoms with E-state index in [9.17, 15) is 4.55 Å². The topological polar surface area (TPSA) is 23.1 Å². The molecule has 1 unspecified atom stereocenters. The summed E-state index contributed by atoms with van der Waals surface area (Å²) in [5, 5.41) is 1.04. The molecular formula is C9H7OS. The van der Waals surface area contributed by atoms with Gasteiger partial charge in [0.15, 0.2) is 9.58 Å². The van der Waals surface area contributed by atoms with Crippen LogP contribution in [0.4, 0.5) is 0 Å². The largest absolute Gasteiger partial charge is 0.590 e. The fraction of sp³-hybridized carbons (Fsp3) is 0. The van der Waals surface area contributed by atoms with Crippen LogP contribution < -0.4 is 0 Å². The zero-order chi connectivity index (χ0) is 7.84. The molecule has 0 aliphatic rings. The molecule has 11 heavy (non-hydrogen) atoms. The van der Waals surface area contributed by atoms with E-state index in [-0.39, 0.29) is 0 Å². The maximum atomic E-state index is 11.4. The molecule has 0 spiro atoms. The van der Waals surface area contributed by atoms with Gasteiger partial charge >= 0.3 is 0 Å². The average Bonchev–Trinajstić information content (AvgIpc) is 2.30. The van der Waals surface area contributed by atoms with Crippen LogP contribution in [-0.4, -0.2) is 4.55 Å². The van der Waals surface area contributed by atoms with E-state index in [2.05, 4.69) is 6.92 Å². The lowest BCUT2D eigenvalue weighted by Gasteiger charge is -1.89. The van der Waals surface area contributed by atoms with Crippen molar-refractivity contribution >= 4 is 20.8 Å². The Bertz CT molecular complexity index is 389. The van der Waals surface area contributed by atoms with Gasteiger partial charge < -0.3 is 4.55 Å². The predicted molar refractivity (Wildman–Crippen MR) is 47.1 cm³/mol. The summed E-state index contributed by atoms with van der Waals surface area (Å²) in [6, 6.07) is 9.52. The van der Waals surface area contributed by atoms with Gasteiger partial charge in [0, 0.05) is 18.4 Å². The second-order valence-corrected chi connectivity index (χ2v) is 3.92. The number of hydrogen-bond donors (Lipinski definition) is 0. The molecule has 0 fully saturated rings. The lowest BCUT2D eigenvalue weighted by Crippen LogP contribution is -1.61. The molecule has 1 aromatic carbocycles. The first-order valence-corrected chi connectivity index (χ1v) is 4.48. The van der Waals surface area contributed by atoms with Gasteiger partial charge in [-0.15, -0.1) is 0 Å². The first kappa shape index (κ1) is 6.83. The third kappa shape index (κ3) is 0.951. The smallest absolute Gasteiger partial charge is 0.179 e. The monoisotopic (exact) mass is 163 g/mol. The highest BCUT2D eigenvalue weighted by molar-refractivity contribution is 7.31. The quantitative estimate of drug-likeness (QED) is 0.547. The molecule has 1 radical (unpaired) electrons.